The predicted octanol–water partition coefficient (Wildman–Crippen LogP) is 2.00. The predicted molar refractivity (Wildman–Crippen MR) is 103 cm³/mol. The lowest BCUT2D eigenvalue weighted by atomic mass is 9.82. The maximum Gasteiger partial charge on any atom is 0.325 e. The first-order valence-electron chi connectivity index (χ1n) is 9.76. The van der Waals surface area contributed by atoms with Gasteiger partial charge in [-0.3, -0.25) is 19.3 Å². The number of nitrogens with one attached hydrogen (secondary N) is 2. The van der Waals surface area contributed by atoms with Crippen molar-refractivity contribution in [2.24, 2.45) is 0 Å². The summed E-state index contributed by atoms with van der Waals surface area (Å²) in [7, 11) is 0. The maximum absolute atomic E-state index is 13.2. The van der Waals surface area contributed by atoms with E-state index in [0.717, 1.165) is 24.2 Å². The summed E-state index contributed by atoms with van der Waals surface area (Å²) in [4.78, 5) is 53.2. The highest BCUT2D eigenvalue weighted by Gasteiger charge is 2.52. The van der Waals surface area contributed by atoms with Crippen LogP contribution < -0.4 is 15.5 Å². The molecule has 1 saturated carbocycles. The molecule has 1 saturated heterocycles. The Labute approximate surface area is 163 Å². The van der Waals surface area contributed by atoms with Crippen LogP contribution in [-0.2, 0) is 14.4 Å². The molecule has 2 N–H and O–H groups in total. The Balaban J connectivity index is 1.59. The number of rotatable bonds is 2. The summed E-state index contributed by atoms with van der Waals surface area (Å²) < 4.78 is 0. The van der Waals surface area contributed by atoms with Crippen LogP contribution >= 0.6 is 0 Å². The summed E-state index contributed by atoms with van der Waals surface area (Å²) in [6, 6.07) is 6.15. The molecule has 1 aromatic rings. The Morgan fingerprint density at radius 2 is 1.86 bits per heavy atom. The molecule has 5 amide bonds. The molecule has 1 atom stereocenters. The number of imide groups is 1. The number of hydrogen-bond donors (Lipinski definition) is 2. The molecule has 1 aromatic carbocycles. The third-order valence-electron chi connectivity index (χ3n) is 5.87. The van der Waals surface area contributed by atoms with Gasteiger partial charge in [0.1, 0.15) is 12.1 Å². The van der Waals surface area contributed by atoms with Gasteiger partial charge in [0.05, 0.1) is 11.4 Å². The van der Waals surface area contributed by atoms with Gasteiger partial charge in [0, 0.05) is 12.5 Å². The molecule has 0 aromatic heterocycles. The fourth-order valence-electron chi connectivity index (χ4n) is 4.49. The van der Waals surface area contributed by atoms with E-state index in [-0.39, 0.29) is 36.7 Å². The number of para-hydroxylation sites is 2. The van der Waals surface area contributed by atoms with Gasteiger partial charge in [-0.1, -0.05) is 31.4 Å². The van der Waals surface area contributed by atoms with Crippen LogP contribution in [0.4, 0.5) is 16.2 Å². The summed E-state index contributed by atoms with van der Waals surface area (Å²) in [6.07, 6.45) is 4.20. The highest BCUT2D eigenvalue weighted by Crippen LogP contribution is 2.35. The van der Waals surface area contributed by atoms with Crippen molar-refractivity contribution in [1.29, 1.82) is 0 Å². The molecular weight excluding hydrogens is 360 g/mol. The molecule has 148 valence electrons. The Hall–Kier alpha value is -2.90. The normalized spacial score (nSPS) is 23.9. The largest absolute Gasteiger partial charge is 0.325 e. The lowest BCUT2D eigenvalue weighted by Crippen LogP contribution is -2.50. The average Bonchev–Trinajstić information content (AvgIpc) is 2.80. The van der Waals surface area contributed by atoms with Gasteiger partial charge in [-0.15, -0.1) is 0 Å². The molecule has 2 fully saturated rings. The van der Waals surface area contributed by atoms with Crippen molar-refractivity contribution in [3.63, 3.8) is 0 Å². The first kappa shape index (κ1) is 18.5. The van der Waals surface area contributed by atoms with Crippen LogP contribution in [-0.4, -0.2) is 46.8 Å². The monoisotopic (exact) mass is 384 g/mol. The second kappa shape index (κ2) is 6.92. The van der Waals surface area contributed by atoms with Crippen LogP contribution in [0.1, 0.15) is 45.4 Å². The Morgan fingerprint density at radius 3 is 2.61 bits per heavy atom. The van der Waals surface area contributed by atoms with Crippen molar-refractivity contribution in [2.45, 2.75) is 57.0 Å². The molecule has 1 aliphatic carbocycles. The molecule has 0 radical (unpaired) electrons. The van der Waals surface area contributed by atoms with E-state index in [1.165, 1.54) is 4.90 Å². The number of nitrogens with zero attached hydrogens (tertiary/aromatic N) is 2. The minimum Gasteiger partial charge on any atom is -0.324 e. The fraction of sp³-hybridized carbons (Fsp3) is 0.500. The van der Waals surface area contributed by atoms with Crippen molar-refractivity contribution in [3.8, 4) is 0 Å². The molecule has 0 unspecified atom stereocenters. The highest BCUT2D eigenvalue weighted by atomic mass is 16.2. The van der Waals surface area contributed by atoms with Crippen LogP contribution in [0.3, 0.4) is 0 Å². The minimum atomic E-state index is -0.852. The molecule has 8 nitrogen and oxygen atoms in total. The van der Waals surface area contributed by atoms with Gasteiger partial charge in [0.25, 0.3) is 5.91 Å². The number of carbonyl (C=O) groups is 4. The van der Waals surface area contributed by atoms with Crippen molar-refractivity contribution in [1.82, 2.24) is 10.2 Å². The van der Waals surface area contributed by atoms with E-state index >= 15 is 0 Å². The Bertz CT molecular complexity index is 846. The van der Waals surface area contributed by atoms with E-state index in [4.69, 9.17) is 0 Å². The number of anilines is 2. The molecule has 4 rings (SSSR count). The molecule has 0 bridgehead atoms. The zero-order chi connectivity index (χ0) is 19.9. The van der Waals surface area contributed by atoms with Crippen molar-refractivity contribution >= 4 is 35.1 Å². The van der Waals surface area contributed by atoms with Crippen LogP contribution in [0.25, 0.3) is 0 Å². The molecule has 8 heteroatoms. The van der Waals surface area contributed by atoms with E-state index < -0.39 is 11.6 Å². The summed E-state index contributed by atoms with van der Waals surface area (Å²) in [5.41, 5.74) is 0.270. The standard InChI is InChI=1S/C20H24N4O4/c1-13-11-16(25)21-14-7-3-4-8-15(14)24(13)17(26)12-23-18(27)20(22-19(23)28)9-5-2-6-10-20/h3-4,7-8,13H,2,5-6,9-12H2,1H3,(H,21,25)(H,22,28)/t13-/m1/s1. The minimum absolute atomic E-state index is 0.143. The molecule has 28 heavy (non-hydrogen) atoms. The van der Waals surface area contributed by atoms with Gasteiger partial charge in [0.15, 0.2) is 0 Å². The molecule has 1 spiro atoms. The second-order valence-electron chi connectivity index (χ2n) is 7.85. The zero-order valence-electron chi connectivity index (χ0n) is 15.9. The van der Waals surface area contributed by atoms with Crippen molar-refractivity contribution in [2.75, 3.05) is 16.8 Å². The number of carbonyl (C=O) groups excluding carboxylic acids is 4. The highest BCUT2D eigenvalue weighted by molar-refractivity contribution is 6.11. The number of urea groups is 1. The average molecular weight is 384 g/mol. The third-order valence-corrected chi connectivity index (χ3v) is 5.87. The van der Waals surface area contributed by atoms with Crippen LogP contribution in [0, 0.1) is 0 Å². The lowest BCUT2D eigenvalue weighted by Gasteiger charge is -2.31. The smallest absolute Gasteiger partial charge is 0.324 e. The Kier molecular flexibility index (Phi) is 4.56. The quantitative estimate of drug-likeness (QED) is 0.762. The number of amides is 5. The first-order chi connectivity index (χ1) is 13.4. The van der Waals surface area contributed by atoms with E-state index in [1.807, 2.05) is 0 Å². The van der Waals surface area contributed by atoms with Crippen molar-refractivity contribution < 1.29 is 19.2 Å². The number of benzene rings is 1. The second-order valence-corrected chi connectivity index (χ2v) is 7.85. The summed E-state index contributed by atoms with van der Waals surface area (Å²) in [5, 5.41) is 5.63. The third kappa shape index (κ3) is 3.02. The van der Waals surface area contributed by atoms with Crippen molar-refractivity contribution in [3.05, 3.63) is 24.3 Å². The van der Waals surface area contributed by atoms with Gasteiger partial charge < -0.3 is 15.5 Å². The molecule has 2 heterocycles. The van der Waals surface area contributed by atoms with Crippen LogP contribution in [0.2, 0.25) is 0 Å². The van der Waals surface area contributed by atoms with E-state index in [0.29, 0.717) is 24.2 Å². The van der Waals surface area contributed by atoms with Gasteiger partial charge >= 0.3 is 6.03 Å². The summed E-state index contributed by atoms with van der Waals surface area (Å²) >= 11 is 0. The van der Waals surface area contributed by atoms with Gasteiger partial charge in [-0.05, 0) is 31.9 Å². The van der Waals surface area contributed by atoms with E-state index in [2.05, 4.69) is 10.6 Å². The molecule has 3 aliphatic rings. The summed E-state index contributed by atoms with van der Waals surface area (Å²) in [6.45, 7) is 1.45. The fourth-order valence-corrected chi connectivity index (χ4v) is 4.49. The topological polar surface area (TPSA) is 98.8 Å². The number of hydrogen-bond acceptors (Lipinski definition) is 4. The van der Waals surface area contributed by atoms with Crippen LogP contribution in [0.15, 0.2) is 24.3 Å². The van der Waals surface area contributed by atoms with Gasteiger partial charge in [-0.25, -0.2) is 4.79 Å². The molecular formula is C20H24N4O4. The van der Waals surface area contributed by atoms with Crippen LogP contribution in [0.5, 0.6) is 0 Å². The summed E-state index contributed by atoms with van der Waals surface area (Å²) in [5.74, 6) is -0.866. The zero-order valence-corrected chi connectivity index (χ0v) is 15.9. The first-order valence-corrected chi connectivity index (χ1v) is 9.76. The Morgan fingerprint density at radius 1 is 1.14 bits per heavy atom. The van der Waals surface area contributed by atoms with Gasteiger partial charge in [0.2, 0.25) is 11.8 Å². The van der Waals surface area contributed by atoms with Gasteiger partial charge in [-0.2, -0.15) is 0 Å². The lowest BCUT2D eigenvalue weighted by molar-refractivity contribution is -0.135. The molecule has 2 aliphatic heterocycles. The van der Waals surface area contributed by atoms with E-state index in [9.17, 15) is 19.2 Å². The maximum atomic E-state index is 13.2. The van der Waals surface area contributed by atoms with E-state index in [1.54, 1.807) is 31.2 Å². The SMILES string of the molecule is C[C@@H]1CC(=O)Nc2ccccc2N1C(=O)CN1C(=O)NC2(CCCCC2)C1=O. The number of fused-ring (bicyclic) bond motifs is 1.